The molecule has 1 aromatic carbocycles. The summed E-state index contributed by atoms with van der Waals surface area (Å²) in [6.45, 7) is 1.20. The first-order valence-corrected chi connectivity index (χ1v) is 6.18. The van der Waals surface area contributed by atoms with Gasteiger partial charge in [-0.1, -0.05) is 6.07 Å². The number of nitrogens with one attached hydrogen (secondary N) is 2. The quantitative estimate of drug-likeness (QED) is 0.610. The van der Waals surface area contributed by atoms with Crippen molar-refractivity contribution in [2.45, 2.75) is 19.1 Å². The summed E-state index contributed by atoms with van der Waals surface area (Å²) in [5, 5.41) is 14.3. The standard InChI is InChI=1S/C13H10F3N3O3/c14-13(15,16)11(20)22-12(21)19-10-2-1-7-6-18-4-3-8(7)9(10)5-17/h1-2,18H,3-4,6H2,(H,19,21). The molecule has 1 aromatic rings. The van der Waals surface area contributed by atoms with Crippen molar-refractivity contribution in [3.8, 4) is 6.07 Å². The molecule has 0 fully saturated rings. The number of benzene rings is 1. The zero-order chi connectivity index (χ0) is 16.3. The lowest BCUT2D eigenvalue weighted by Crippen LogP contribution is -2.30. The van der Waals surface area contributed by atoms with E-state index in [2.05, 4.69) is 10.1 Å². The minimum Gasteiger partial charge on any atom is -0.369 e. The first kappa shape index (κ1) is 15.8. The summed E-state index contributed by atoms with van der Waals surface area (Å²) in [6, 6.07) is 4.93. The van der Waals surface area contributed by atoms with Gasteiger partial charge in [-0.2, -0.15) is 18.4 Å². The summed E-state index contributed by atoms with van der Waals surface area (Å²) in [6.07, 6.45) is -6.31. The van der Waals surface area contributed by atoms with E-state index in [1.165, 1.54) is 6.07 Å². The number of nitrogens with zero attached hydrogens (tertiary/aromatic N) is 1. The molecule has 0 aliphatic carbocycles. The molecule has 1 aliphatic heterocycles. The monoisotopic (exact) mass is 313 g/mol. The number of carbonyl (C=O) groups is 2. The maximum absolute atomic E-state index is 12.0. The molecule has 116 valence electrons. The van der Waals surface area contributed by atoms with E-state index in [4.69, 9.17) is 0 Å². The summed E-state index contributed by atoms with van der Waals surface area (Å²) in [5.74, 6) is -2.62. The Balaban J connectivity index is 2.18. The largest absolute Gasteiger partial charge is 0.491 e. The number of alkyl halides is 3. The van der Waals surface area contributed by atoms with Gasteiger partial charge in [-0.3, -0.25) is 5.32 Å². The Morgan fingerprint density at radius 2 is 2.09 bits per heavy atom. The van der Waals surface area contributed by atoms with E-state index < -0.39 is 18.2 Å². The second-order valence-corrected chi connectivity index (χ2v) is 4.46. The van der Waals surface area contributed by atoms with Gasteiger partial charge in [-0.15, -0.1) is 0 Å². The fourth-order valence-corrected chi connectivity index (χ4v) is 2.09. The van der Waals surface area contributed by atoms with Gasteiger partial charge in [0.1, 0.15) is 6.07 Å². The molecular formula is C13H10F3N3O3. The first-order chi connectivity index (χ1) is 10.3. The number of hydrogen-bond donors (Lipinski definition) is 2. The van der Waals surface area contributed by atoms with Crippen molar-refractivity contribution in [1.82, 2.24) is 5.32 Å². The molecule has 0 saturated heterocycles. The van der Waals surface area contributed by atoms with E-state index >= 15 is 0 Å². The zero-order valence-corrected chi connectivity index (χ0v) is 11.1. The fourth-order valence-electron chi connectivity index (χ4n) is 2.09. The highest BCUT2D eigenvalue weighted by atomic mass is 19.4. The number of hydrogen-bond acceptors (Lipinski definition) is 5. The van der Waals surface area contributed by atoms with Gasteiger partial charge < -0.3 is 10.1 Å². The van der Waals surface area contributed by atoms with Crippen LogP contribution in [0.1, 0.15) is 16.7 Å². The average Bonchev–Trinajstić information content (AvgIpc) is 2.45. The van der Waals surface area contributed by atoms with E-state index in [0.717, 1.165) is 5.56 Å². The van der Waals surface area contributed by atoms with Crippen molar-refractivity contribution in [3.05, 3.63) is 28.8 Å². The Hall–Kier alpha value is -2.60. The Morgan fingerprint density at radius 1 is 1.36 bits per heavy atom. The zero-order valence-electron chi connectivity index (χ0n) is 11.1. The highest BCUT2D eigenvalue weighted by Gasteiger charge is 2.42. The third-order valence-electron chi connectivity index (χ3n) is 3.04. The molecule has 9 heteroatoms. The fraction of sp³-hybridized carbons (Fsp3) is 0.308. The van der Waals surface area contributed by atoms with Crippen LogP contribution in [0.25, 0.3) is 0 Å². The molecule has 1 amide bonds. The van der Waals surface area contributed by atoms with Gasteiger partial charge in [0.15, 0.2) is 0 Å². The van der Waals surface area contributed by atoms with E-state index in [9.17, 15) is 28.0 Å². The van der Waals surface area contributed by atoms with Crippen molar-refractivity contribution >= 4 is 17.7 Å². The predicted molar refractivity (Wildman–Crippen MR) is 67.7 cm³/mol. The number of nitriles is 1. The SMILES string of the molecule is N#Cc1c(NC(=O)OC(=O)C(F)(F)F)ccc2c1CCNC2. The number of fused-ring (bicyclic) bond motifs is 1. The molecule has 22 heavy (non-hydrogen) atoms. The molecule has 1 heterocycles. The Kier molecular flexibility index (Phi) is 4.32. The molecule has 1 aliphatic rings. The Morgan fingerprint density at radius 3 is 2.73 bits per heavy atom. The number of rotatable bonds is 1. The minimum absolute atomic E-state index is 0.00289. The van der Waals surface area contributed by atoms with Crippen LogP contribution < -0.4 is 10.6 Å². The number of amides is 1. The lowest BCUT2D eigenvalue weighted by molar-refractivity contribution is -0.192. The van der Waals surface area contributed by atoms with Crippen LogP contribution >= 0.6 is 0 Å². The van der Waals surface area contributed by atoms with Crippen LogP contribution in [-0.2, 0) is 22.5 Å². The number of esters is 1. The number of anilines is 1. The molecule has 2 rings (SSSR count). The van der Waals surface area contributed by atoms with Crippen molar-refractivity contribution in [2.24, 2.45) is 0 Å². The third kappa shape index (κ3) is 3.35. The molecule has 0 unspecified atom stereocenters. The van der Waals surface area contributed by atoms with Crippen LogP contribution in [0.15, 0.2) is 12.1 Å². The van der Waals surface area contributed by atoms with Crippen LogP contribution in [0.2, 0.25) is 0 Å². The van der Waals surface area contributed by atoms with Crippen LogP contribution in [0, 0.1) is 11.3 Å². The predicted octanol–water partition coefficient (Wildman–Crippen LogP) is 1.84. The van der Waals surface area contributed by atoms with Crippen LogP contribution in [0.5, 0.6) is 0 Å². The van der Waals surface area contributed by atoms with Gasteiger partial charge in [0.25, 0.3) is 0 Å². The summed E-state index contributed by atoms with van der Waals surface area (Å²) < 4.78 is 39.6. The normalized spacial score (nSPS) is 13.7. The molecule has 0 saturated carbocycles. The smallest absolute Gasteiger partial charge is 0.369 e. The van der Waals surface area contributed by atoms with E-state index in [-0.39, 0.29) is 11.3 Å². The Labute approximate surface area is 122 Å². The summed E-state index contributed by atoms with van der Waals surface area (Å²) in [5.41, 5.74) is 1.73. The molecule has 0 atom stereocenters. The maximum atomic E-state index is 12.0. The van der Waals surface area contributed by atoms with Gasteiger partial charge in [-0.25, -0.2) is 9.59 Å². The highest BCUT2D eigenvalue weighted by molar-refractivity contribution is 5.95. The second kappa shape index (κ2) is 6.03. The molecule has 6 nitrogen and oxygen atoms in total. The number of ether oxygens (including phenoxy) is 1. The van der Waals surface area contributed by atoms with Crippen molar-refractivity contribution in [3.63, 3.8) is 0 Å². The third-order valence-corrected chi connectivity index (χ3v) is 3.04. The van der Waals surface area contributed by atoms with Gasteiger partial charge in [-0.05, 0) is 30.2 Å². The molecular weight excluding hydrogens is 303 g/mol. The van der Waals surface area contributed by atoms with Crippen LogP contribution in [0.3, 0.4) is 0 Å². The van der Waals surface area contributed by atoms with E-state index in [1.807, 2.05) is 11.4 Å². The number of carbonyl (C=O) groups excluding carboxylic acids is 2. The topological polar surface area (TPSA) is 91.2 Å². The van der Waals surface area contributed by atoms with Crippen molar-refractivity contribution in [1.29, 1.82) is 5.26 Å². The second-order valence-electron chi connectivity index (χ2n) is 4.46. The average molecular weight is 313 g/mol. The van der Waals surface area contributed by atoms with Gasteiger partial charge in [0.05, 0.1) is 11.3 Å². The van der Waals surface area contributed by atoms with Crippen molar-refractivity contribution in [2.75, 3.05) is 11.9 Å². The van der Waals surface area contributed by atoms with Gasteiger partial charge in [0, 0.05) is 6.54 Å². The summed E-state index contributed by atoms with van der Waals surface area (Å²) >= 11 is 0. The molecule has 0 radical (unpaired) electrons. The van der Waals surface area contributed by atoms with Crippen LogP contribution in [-0.4, -0.2) is 24.8 Å². The summed E-state index contributed by atoms with van der Waals surface area (Å²) in [4.78, 5) is 21.9. The van der Waals surface area contributed by atoms with Crippen molar-refractivity contribution < 1.29 is 27.5 Å². The number of halogens is 3. The highest BCUT2D eigenvalue weighted by Crippen LogP contribution is 2.26. The Bertz CT molecular complexity index is 665. The molecule has 0 spiro atoms. The lowest BCUT2D eigenvalue weighted by atomic mass is 9.94. The van der Waals surface area contributed by atoms with Gasteiger partial charge in [0.2, 0.25) is 0 Å². The minimum atomic E-state index is -5.27. The molecule has 2 N–H and O–H groups in total. The first-order valence-electron chi connectivity index (χ1n) is 6.18. The lowest BCUT2D eigenvalue weighted by Gasteiger charge is -2.20. The van der Waals surface area contributed by atoms with E-state index in [0.29, 0.717) is 25.1 Å². The molecule has 0 bridgehead atoms. The maximum Gasteiger partial charge on any atom is 0.491 e. The summed E-state index contributed by atoms with van der Waals surface area (Å²) in [7, 11) is 0. The molecule has 0 aromatic heterocycles. The van der Waals surface area contributed by atoms with Gasteiger partial charge >= 0.3 is 18.2 Å². The van der Waals surface area contributed by atoms with E-state index in [1.54, 1.807) is 6.07 Å². The van der Waals surface area contributed by atoms with Crippen LogP contribution in [0.4, 0.5) is 23.7 Å².